The van der Waals surface area contributed by atoms with E-state index in [0.717, 1.165) is 29.7 Å². The lowest BCUT2D eigenvalue weighted by atomic mass is 10.2. The van der Waals surface area contributed by atoms with Gasteiger partial charge in [-0.2, -0.15) is 0 Å². The van der Waals surface area contributed by atoms with Crippen LogP contribution in [0.3, 0.4) is 0 Å². The van der Waals surface area contributed by atoms with E-state index in [2.05, 4.69) is 5.32 Å². The molecule has 1 rings (SSSR count). The number of amides is 4. The van der Waals surface area contributed by atoms with Crippen LogP contribution in [0.4, 0.5) is 5.69 Å². The van der Waals surface area contributed by atoms with Gasteiger partial charge in [0.1, 0.15) is 0 Å². The molecular formula is C14H18N4O7S. The third-order valence-electron chi connectivity index (χ3n) is 2.98. The number of sulfonamides is 1. The lowest BCUT2D eigenvalue weighted by Gasteiger charge is -2.23. The zero-order valence-corrected chi connectivity index (χ0v) is 14.7. The minimum absolute atomic E-state index is 0.0641. The largest absolute Gasteiger partial charge is 0.361 e. The van der Waals surface area contributed by atoms with Crippen molar-refractivity contribution in [2.75, 3.05) is 11.9 Å². The molecule has 142 valence electrons. The zero-order chi connectivity index (χ0) is 20.1. The number of primary amides is 1. The Hall–Kier alpha value is -2.99. The summed E-state index contributed by atoms with van der Waals surface area (Å²) in [5.74, 6) is -5.52. The van der Waals surface area contributed by atoms with Crippen LogP contribution in [0.2, 0.25) is 0 Å². The van der Waals surface area contributed by atoms with E-state index < -0.39 is 33.7 Å². The summed E-state index contributed by atoms with van der Waals surface area (Å²) < 4.78 is 25.6. The van der Waals surface area contributed by atoms with Gasteiger partial charge in [0, 0.05) is 12.2 Å². The smallest absolute Gasteiger partial charge is 0.332 e. The molecule has 0 saturated carbocycles. The van der Waals surface area contributed by atoms with Crippen LogP contribution in [0.5, 0.6) is 0 Å². The number of nitrogens with zero attached hydrogens (tertiary/aromatic N) is 1. The SMILES string of the molecule is CC(C)CN(C(=O)C(N)=O)S(=O)(=O)c1ccc(NC(=O)C(=O)NO)cc1. The Morgan fingerprint density at radius 1 is 1.12 bits per heavy atom. The summed E-state index contributed by atoms with van der Waals surface area (Å²) in [5, 5.41) is 10.5. The van der Waals surface area contributed by atoms with E-state index in [1.165, 1.54) is 0 Å². The van der Waals surface area contributed by atoms with Crippen LogP contribution in [-0.4, -0.2) is 48.1 Å². The van der Waals surface area contributed by atoms with Crippen molar-refractivity contribution in [3.05, 3.63) is 24.3 Å². The Balaban J connectivity index is 3.14. The molecule has 11 nitrogen and oxygen atoms in total. The summed E-state index contributed by atoms with van der Waals surface area (Å²) >= 11 is 0. The Morgan fingerprint density at radius 3 is 2.08 bits per heavy atom. The van der Waals surface area contributed by atoms with Gasteiger partial charge in [-0.15, -0.1) is 0 Å². The summed E-state index contributed by atoms with van der Waals surface area (Å²) in [6.07, 6.45) is 0. The molecule has 1 aromatic rings. The monoisotopic (exact) mass is 386 g/mol. The molecule has 0 unspecified atom stereocenters. The van der Waals surface area contributed by atoms with Crippen molar-refractivity contribution < 1.29 is 32.8 Å². The van der Waals surface area contributed by atoms with Gasteiger partial charge in [-0.25, -0.2) is 18.2 Å². The van der Waals surface area contributed by atoms with Crippen molar-refractivity contribution in [2.24, 2.45) is 11.7 Å². The van der Waals surface area contributed by atoms with Crippen molar-refractivity contribution in [1.82, 2.24) is 9.79 Å². The lowest BCUT2D eigenvalue weighted by Crippen LogP contribution is -2.45. The number of benzene rings is 1. The molecule has 0 aromatic heterocycles. The molecule has 0 bridgehead atoms. The summed E-state index contributed by atoms with van der Waals surface area (Å²) in [7, 11) is -4.36. The predicted molar refractivity (Wildman–Crippen MR) is 87.9 cm³/mol. The first-order valence-electron chi connectivity index (χ1n) is 7.22. The van der Waals surface area contributed by atoms with E-state index in [1.807, 2.05) is 0 Å². The van der Waals surface area contributed by atoms with Gasteiger partial charge < -0.3 is 11.1 Å². The molecular weight excluding hydrogens is 368 g/mol. The minimum atomic E-state index is -4.36. The van der Waals surface area contributed by atoms with Gasteiger partial charge in [-0.1, -0.05) is 13.8 Å². The van der Waals surface area contributed by atoms with Crippen LogP contribution in [0.1, 0.15) is 13.8 Å². The van der Waals surface area contributed by atoms with Gasteiger partial charge in [0.2, 0.25) is 0 Å². The van der Waals surface area contributed by atoms with E-state index in [4.69, 9.17) is 10.9 Å². The maximum Gasteiger partial charge on any atom is 0.332 e. The molecule has 0 fully saturated rings. The second-order valence-corrected chi connectivity index (χ2v) is 7.38. The van der Waals surface area contributed by atoms with Gasteiger partial charge in [0.25, 0.3) is 10.0 Å². The van der Waals surface area contributed by atoms with E-state index >= 15 is 0 Å². The Labute approximate surface area is 149 Å². The number of nitrogens with one attached hydrogen (secondary N) is 2. The number of hydrogen-bond donors (Lipinski definition) is 4. The molecule has 0 aliphatic carbocycles. The second-order valence-electron chi connectivity index (χ2n) is 5.52. The Bertz CT molecular complexity index is 818. The molecule has 1 aromatic carbocycles. The Kier molecular flexibility index (Phi) is 6.80. The normalized spacial score (nSPS) is 10.9. The number of hydroxylamine groups is 1. The fourth-order valence-corrected chi connectivity index (χ4v) is 3.36. The first-order valence-corrected chi connectivity index (χ1v) is 8.66. The average Bonchev–Trinajstić information content (AvgIpc) is 2.58. The van der Waals surface area contributed by atoms with E-state index in [-0.39, 0.29) is 23.0 Å². The highest BCUT2D eigenvalue weighted by Gasteiger charge is 2.32. The minimum Gasteiger partial charge on any atom is -0.361 e. The van der Waals surface area contributed by atoms with Crippen LogP contribution in [0, 0.1) is 5.92 Å². The summed E-state index contributed by atoms with van der Waals surface area (Å²) in [5.41, 5.74) is 6.11. The van der Waals surface area contributed by atoms with Gasteiger partial charge in [-0.05, 0) is 30.2 Å². The number of anilines is 1. The maximum absolute atomic E-state index is 12.6. The highest BCUT2D eigenvalue weighted by atomic mass is 32.2. The van der Waals surface area contributed by atoms with Gasteiger partial charge in [0.05, 0.1) is 4.90 Å². The summed E-state index contributed by atoms with van der Waals surface area (Å²) in [6.45, 7) is 3.06. The highest BCUT2D eigenvalue weighted by Crippen LogP contribution is 2.20. The van der Waals surface area contributed by atoms with Gasteiger partial charge in [-0.3, -0.25) is 24.4 Å². The number of hydrogen-bond acceptors (Lipinski definition) is 7. The fraction of sp³-hybridized carbons (Fsp3) is 0.286. The summed E-state index contributed by atoms with van der Waals surface area (Å²) in [6, 6.07) is 4.47. The second kappa shape index (κ2) is 8.40. The number of nitrogens with two attached hydrogens (primary N) is 1. The van der Waals surface area contributed by atoms with Crippen molar-refractivity contribution in [3.63, 3.8) is 0 Å². The third-order valence-corrected chi connectivity index (χ3v) is 4.74. The van der Waals surface area contributed by atoms with Crippen molar-refractivity contribution >= 4 is 39.3 Å². The number of carbonyl (C=O) groups is 4. The zero-order valence-electron chi connectivity index (χ0n) is 13.9. The quantitative estimate of drug-likeness (QED) is 0.279. The molecule has 0 saturated heterocycles. The van der Waals surface area contributed by atoms with Crippen LogP contribution in [0.25, 0.3) is 0 Å². The third kappa shape index (κ3) is 5.00. The summed E-state index contributed by atoms with van der Waals surface area (Å²) in [4.78, 5) is 44.9. The molecule has 12 heteroatoms. The van der Waals surface area contributed by atoms with Crippen LogP contribution < -0.4 is 16.5 Å². The fourth-order valence-electron chi connectivity index (χ4n) is 1.82. The van der Waals surface area contributed by atoms with Crippen LogP contribution in [0.15, 0.2) is 29.2 Å². The predicted octanol–water partition coefficient (Wildman–Crippen LogP) is -1.21. The molecule has 4 amide bonds. The number of rotatable bonds is 5. The van der Waals surface area contributed by atoms with Gasteiger partial charge >= 0.3 is 23.6 Å². The molecule has 0 spiro atoms. The lowest BCUT2D eigenvalue weighted by molar-refractivity contribution is -0.141. The first kappa shape index (κ1) is 21.1. The van der Waals surface area contributed by atoms with Crippen LogP contribution >= 0.6 is 0 Å². The topological polar surface area (TPSA) is 176 Å². The van der Waals surface area contributed by atoms with Crippen molar-refractivity contribution in [1.29, 1.82) is 0 Å². The molecule has 0 aliphatic rings. The van der Waals surface area contributed by atoms with Crippen LogP contribution in [-0.2, 0) is 29.2 Å². The average molecular weight is 386 g/mol. The molecule has 0 radical (unpaired) electrons. The molecule has 26 heavy (non-hydrogen) atoms. The molecule has 0 aliphatic heterocycles. The maximum atomic E-state index is 12.6. The standard InChI is InChI=1S/C14H18N4O7S/c1-8(2)7-18(14(22)11(15)19)26(24,25)10-5-3-9(4-6-10)16-12(20)13(21)17-23/h3-6,8,23H,7H2,1-2H3,(H2,15,19)(H,16,20)(H,17,21). The van der Waals surface area contributed by atoms with Crippen molar-refractivity contribution in [2.45, 2.75) is 18.7 Å². The van der Waals surface area contributed by atoms with E-state index in [9.17, 15) is 27.6 Å². The van der Waals surface area contributed by atoms with E-state index in [0.29, 0.717) is 4.31 Å². The first-order chi connectivity index (χ1) is 12.0. The number of carbonyl (C=O) groups excluding carboxylic acids is 4. The Morgan fingerprint density at radius 2 is 1.65 bits per heavy atom. The molecule has 5 N–H and O–H groups in total. The molecule has 0 heterocycles. The molecule has 0 atom stereocenters. The highest BCUT2D eigenvalue weighted by molar-refractivity contribution is 7.89. The van der Waals surface area contributed by atoms with Crippen molar-refractivity contribution in [3.8, 4) is 0 Å². The van der Waals surface area contributed by atoms with E-state index in [1.54, 1.807) is 13.8 Å². The van der Waals surface area contributed by atoms with Gasteiger partial charge in [0.15, 0.2) is 0 Å².